The van der Waals surface area contributed by atoms with Gasteiger partial charge in [-0.1, -0.05) is 0 Å². The average Bonchev–Trinajstić information content (AvgIpc) is 2.42. The normalized spacial score (nSPS) is 9.28. The van der Waals surface area contributed by atoms with E-state index in [-0.39, 0.29) is 5.69 Å². The number of hydrogen-bond acceptors (Lipinski definition) is 5. The van der Waals surface area contributed by atoms with E-state index in [0.717, 1.165) is 3.57 Å². The van der Waals surface area contributed by atoms with E-state index in [9.17, 15) is 0 Å². The molecule has 0 N–H and O–H groups in total. The van der Waals surface area contributed by atoms with E-state index in [1.807, 2.05) is 12.1 Å². The maximum atomic E-state index is 8.75. The molecule has 0 unspecified atom stereocenters. The van der Waals surface area contributed by atoms with Gasteiger partial charge in [0.25, 0.3) is 0 Å². The summed E-state index contributed by atoms with van der Waals surface area (Å²) in [6, 6.07) is 12.1. The van der Waals surface area contributed by atoms with Crippen molar-refractivity contribution >= 4 is 22.6 Å². The summed E-state index contributed by atoms with van der Waals surface area (Å²) in [5.74, 6) is 0.894. The maximum absolute atomic E-state index is 8.75. The van der Waals surface area contributed by atoms with Crippen LogP contribution in [0.25, 0.3) is 0 Å². The fraction of sp³-hybridized carbons (Fsp3) is 0. The van der Waals surface area contributed by atoms with Crippen molar-refractivity contribution in [3.63, 3.8) is 0 Å². The van der Waals surface area contributed by atoms with Crippen LogP contribution in [0.4, 0.5) is 0 Å². The second kappa shape index (κ2) is 5.43. The largest absolute Gasteiger partial charge is 0.436 e. The molecule has 1 aromatic carbocycles. The van der Waals surface area contributed by atoms with E-state index in [1.165, 1.54) is 6.07 Å². The molecule has 0 bridgehead atoms. The topological polar surface area (TPSA) is 82.6 Å². The van der Waals surface area contributed by atoms with Crippen LogP contribution in [0, 0.1) is 26.2 Å². The molecule has 5 nitrogen and oxygen atoms in total. The van der Waals surface area contributed by atoms with Gasteiger partial charge in [0.2, 0.25) is 5.88 Å². The molecule has 0 saturated heterocycles. The van der Waals surface area contributed by atoms with Crippen LogP contribution < -0.4 is 4.74 Å². The van der Waals surface area contributed by atoms with Gasteiger partial charge in [0.15, 0.2) is 5.69 Å². The third kappa shape index (κ3) is 2.73. The first-order chi connectivity index (χ1) is 8.72. The highest BCUT2D eigenvalue weighted by molar-refractivity contribution is 14.1. The van der Waals surface area contributed by atoms with E-state index in [0.29, 0.717) is 17.2 Å². The van der Waals surface area contributed by atoms with Gasteiger partial charge in [-0.05, 0) is 46.9 Å². The van der Waals surface area contributed by atoms with Crippen molar-refractivity contribution in [3.8, 4) is 23.8 Å². The summed E-state index contributed by atoms with van der Waals surface area (Å²) in [4.78, 5) is 0. The third-order valence-corrected chi connectivity index (χ3v) is 2.87. The fourth-order valence-electron chi connectivity index (χ4n) is 1.20. The Morgan fingerprint density at radius 2 is 1.89 bits per heavy atom. The standard InChI is InChI=1S/C12H5IN4O/c13-10-5-8(6-14)1-3-11(10)18-12-4-2-9(7-15)16-17-12/h1-5H. The zero-order valence-electron chi connectivity index (χ0n) is 8.96. The summed E-state index contributed by atoms with van der Waals surface area (Å²) in [5.41, 5.74) is 0.800. The minimum atomic E-state index is 0.233. The van der Waals surface area contributed by atoms with E-state index < -0.39 is 0 Å². The van der Waals surface area contributed by atoms with Crippen molar-refractivity contribution in [2.75, 3.05) is 0 Å². The average molecular weight is 348 g/mol. The lowest BCUT2D eigenvalue weighted by atomic mass is 10.2. The van der Waals surface area contributed by atoms with Crippen molar-refractivity contribution in [1.82, 2.24) is 10.2 Å². The van der Waals surface area contributed by atoms with Crippen molar-refractivity contribution in [1.29, 1.82) is 10.5 Å². The highest BCUT2D eigenvalue weighted by atomic mass is 127. The summed E-state index contributed by atoms with van der Waals surface area (Å²) in [5, 5.41) is 24.8. The van der Waals surface area contributed by atoms with Crippen molar-refractivity contribution in [2.45, 2.75) is 0 Å². The molecule has 0 spiro atoms. The van der Waals surface area contributed by atoms with Gasteiger partial charge in [-0.15, -0.1) is 10.2 Å². The third-order valence-electron chi connectivity index (χ3n) is 2.03. The molecule has 0 aliphatic rings. The van der Waals surface area contributed by atoms with Gasteiger partial charge in [-0.3, -0.25) is 0 Å². The van der Waals surface area contributed by atoms with E-state index >= 15 is 0 Å². The molecule has 1 aromatic heterocycles. The lowest BCUT2D eigenvalue weighted by molar-refractivity contribution is 0.452. The minimum absolute atomic E-state index is 0.233. The predicted octanol–water partition coefficient (Wildman–Crippen LogP) is 2.62. The Kier molecular flexibility index (Phi) is 3.70. The van der Waals surface area contributed by atoms with Crippen molar-refractivity contribution in [3.05, 3.63) is 45.2 Å². The Morgan fingerprint density at radius 3 is 2.44 bits per heavy atom. The molecule has 0 aliphatic heterocycles. The lowest BCUT2D eigenvalue weighted by Crippen LogP contribution is -1.94. The van der Waals surface area contributed by atoms with Crippen LogP contribution in [0.5, 0.6) is 11.6 Å². The van der Waals surface area contributed by atoms with Crippen molar-refractivity contribution in [2.24, 2.45) is 0 Å². The Morgan fingerprint density at radius 1 is 1.06 bits per heavy atom. The first kappa shape index (κ1) is 12.3. The molecule has 2 aromatic rings. The Bertz CT molecular complexity index is 655. The quantitative estimate of drug-likeness (QED) is 0.779. The van der Waals surface area contributed by atoms with Crippen LogP contribution in [0.3, 0.4) is 0 Å². The summed E-state index contributed by atoms with van der Waals surface area (Å²) < 4.78 is 6.31. The number of hydrogen-bond donors (Lipinski definition) is 0. The van der Waals surface area contributed by atoms with E-state index in [2.05, 4.69) is 32.8 Å². The van der Waals surface area contributed by atoms with Crippen LogP contribution in [0.1, 0.15) is 11.3 Å². The summed E-state index contributed by atoms with van der Waals surface area (Å²) in [6.07, 6.45) is 0. The summed E-state index contributed by atoms with van der Waals surface area (Å²) >= 11 is 2.07. The molecular formula is C12H5IN4O. The van der Waals surface area contributed by atoms with Crippen LogP contribution >= 0.6 is 22.6 Å². The van der Waals surface area contributed by atoms with Gasteiger partial charge in [-0.25, -0.2) is 0 Å². The Labute approximate surface area is 117 Å². The molecule has 2 rings (SSSR count). The smallest absolute Gasteiger partial charge is 0.238 e. The second-order valence-electron chi connectivity index (χ2n) is 3.23. The SMILES string of the molecule is N#Cc1ccc(Oc2ccc(C#N)nn2)c(I)c1. The van der Waals surface area contributed by atoms with Gasteiger partial charge in [-0.2, -0.15) is 10.5 Å². The fourth-order valence-corrected chi connectivity index (χ4v) is 1.83. The summed E-state index contributed by atoms with van der Waals surface area (Å²) in [7, 11) is 0. The van der Waals surface area contributed by atoms with E-state index in [4.69, 9.17) is 15.3 Å². The van der Waals surface area contributed by atoms with Gasteiger partial charge < -0.3 is 4.74 Å². The number of ether oxygens (including phenoxy) is 1. The molecular weight excluding hydrogens is 343 g/mol. The van der Waals surface area contributed by atoms with Crippen LogP contribution in [-0.4, -0.2) is 10.2 Å². The van der Waals surface area contributed by atoms with Gasteiger partial charge in [0, 0.05) is 6.07 Å². The number of benzene rings is 1. The maximum Gasteiger partial charge on any atom is 0.238 e. The number of halogens is 1. The molecule has 0 amide bonds. The van der Waals surface area contributed by atoms with Crippen LogP contribution in [0.2, 0.25) is 0 Å². The zero-order valence-corrected chi connectivity index (χ0v) is 11.1. The molecule has 0 radical (unpaired) electrons. The van der Waals surface area contributed by atoms with Crippen molar-refractivity contribution < 1.29 is 4.74 Å². The highest BCUT2D eigenvalue weighted by Gasteiger charge is 2.05. The van der Waals surface area contributed by atoms with Crippen LogP contribution in [0.15, 0.2) is 30.3 Å². The monoisotopic (exact) mass is 348 g/mol. The lowest BCUT2D eigenvalue weighted by Gasteiger charge is -2.05. The van der Waals surface area contributed by atoms with E-state index in [1.54, 1.807) is 24.3 Å². The summed E-state index contributed by atoms with van der Waals surface area (Å²) in [6.45, 7) is 0. The van der Waals surface area contributed by atoms with Crippen LogP contribution in [-0.2, 0) is 0 Å². The number of nitrogens with zero attached hydrogens (tertiary/aromatic N) is 4. The van der Waals surface area contributed by atoms with Gasteiger partial charge in [0.1, 0.15) is 11.8 Å². The molecule has 0 fully saturated rings. The molecule has 0 aliphatic carbocycles. The molecule has 86 valence electrons. The predicted molar refractivity (Wildman–Crippen MR) is 70.7 cm³/mol. The number of aromatic nitrogens is 2. The molecule has 0 atom stereocenters. The molecule has 0 saturated carbocycles. The first-order valence-electron chi connectivity index (χ1n) is 4.84. The Hall–Kier alpha value is -2.19. The Balaban J connectivity index is 2.24. The second-order valence-corrected chi connectivity index (χ2v) is 4.39. The number of nitriles is 2. The zero-order chi connectivity index (χ0) is 13.0. The highest BCUT2D eigenvalue weighted by Crippen LogP contribution is 2.25. The molecule has 6 heteroatoms. The molecule has 18 heavy (non-hydrogen) atoms. The van der Waals surface area contributed by atoms with Gasteiger partial charge >= 0.3 is 0 Å². The molecule has 1 heterocycles. The number of rotatable bonds is 2. The van der Waals surface area contributed by atoms with Gasteiger partial charge in [0.05, 0.1) is 15.2 Å². The minimum Gasteiger partial charge on any atom is -0.436 e. The first-order valence-corrected chi connectivity index (χ1v) is 5.92.